The van der Waals surface area contributed by atoms with Crippen LogP contribution in [0.5, 0.6) is 0 Å². The van der Waals surface area contributed by atoms with Crippen LogP contribution in [0, 0.1) is 11.8 Å². The molecule has 1 N–H and O–H groups in total. The van der Waals surface area contributed by atoms with Gasteiger partial charge in [0.25, 0.3) is 0 Å². The first kappa shape index (κ1) is 19.1. The molecule has 4 rings (SSSR count). The Morgan fingerprint density at radius 3 is 2.74 bits per heavy atom. The smallest absolute Gasteiger partial charge is 0.169 e. The van der Waals surface area contributed by atoms with Crippen LogP contribution >= 0.6 is 12.2 Å². The topological polar surface area (TPSA) is 40.6 Å². The summed E-state index contributed by atoms with van der Waals surface area (Å²) in [5.41, 5.74) is 1.27. The van der Waals surface area contributed by atoms with Gasteiger partial charge in [-0.25, -0.2) is 0 Å². The lowest BCUT2D eigenvalue weighted by molar-refractivity contribution is 0.0367. The fourth-order valence-electron chi connectivity index (χ4n) is 4.94. The monoisotopic (exact) mass is 388 g/mol. The summed E-state index contributed by atoms with van der Waals surface area (Å²) in [6.07, 6.45) is 10.4. The van der Waals surface area contributed by atoms with Crippen molar-refractivity contribution in [3.63, 3.8) is 0 Å². The van der Waals surface area contributed by atoms with E-state index in [4.69, 9.17) is 17.0 Å². The predicted octanol–water partition coefficient (Wildman–Crippen LogP) is 2.67. The van der Waals surface area contributed by atoms with Crippen molar-refractivity contribution in [1.82, 2.24) is 20.1 Å². The van der Waals surface area contributed by atoms with Gasteiger partial charge in [0, 0.05) is 51.2 Å². The molecular weight excluding hydrogens is 356 g/mol. The van der Waals surface area contributed by atoms with Crippen molar-refractivity contribution in [2.24, 2.45) is 11.8 Å². The molecule has 1 aromatic rings. The fourth-order valence-corrected chi connectivity index (χ4v) is 5.25. The van der Waals surface area contributed by atoms with Gasteiger partial charge >= 0.3 is 0 Å². The molecule has 1 saturated heterocycles. The zero-order chi connectivity index (χ0) is 18.5. The number of hydrogen-bond donors (Lipinski definition) is 1. The quantitative estimate of drug-likeness (QED) is 0.725. The fraction of sp³-hybridized carbons (Fsp3) is 0.714. The van der Waals surface area contributed by atoms with Gasteiger partial charge in [-0.2, -0.15) is 0 Å². The molecule has 1 aliphatic heterocycles. The Morgan fingerprint density at radius 2 is 2.04 bits per heavy atom. The van der Waals surface area contributed by atoms with Crippen molar-refractivity contribution in [3.8, 4) is 0 Å². The lowest BCUT2D eigenvalue weighted by Gasteiger charge is -2.32. The van der Waals surface area contributed by atoms with Gasteiger partial charge in [-0.05, 0) is 67.4 Å². The third-order valence-electron chi connectivity index (χ3n) is 6.46. The molecular formula is C21H32N4OS. The van der Waals surface area contributed by atoms with E-state index in [9.17, 15) is 0 Å². The van der Waals surface area contributed by atoms with Crippen LogP contribution in [0.15, 0.2) is 24.5 Å². The van der Waals surface area contributed by atoms with Crippen LogP contribution in [0.2, 0.25) is 0 Å². The van der Waals surface area contributed by atoms with Gasteiger partial charge in [0.1, 0.15) is 0 Å². The summed E-state index contributed by atoms with van der Waals surface area (Å²) in [4.78, 5) is 9.00. The average Bonchev–Trinajstić information content (AvgIpc) is 3.32. The molecule has 0 radical (unpaired) electrons. The molecule has 148 valence electrons. The van der Waals surface area contributed by atoms with Crippen LogP contribution in [0.4, 0.5) is 0 Å². The van der Waals surface area contributed by atoms with Crippen molar-refractivity contribution in [2.75, 3.05) is 39.4 Å². The van der Waals surface area contributed by atoms with Crippen LogP contribution in [0.1, 0.15) is 37.7 Å². The van der Waals surface area contributed by atoms with Crippen molar-refractivity contribution in [1.29, 1.82) is 0 Å². The molecule has 3 unspecified atom stereocenters. The summed E-state index contributed by atoms with van der Waals surface area (Å²) < 4.78 is 5.45. The average molecular weight is 389 g/mol. The Kier molecular flexibility index (Phi) is 6.58. The highest BCUT2D eigenvalue weighted by molar-refractivity contribution is 7.80. The third-order valence-corrected chi connectivity index (χ3v) is 6.84. The number of nitrogens with one attached hydrogen (secondary N) is 1. The van der Waals surface area contributed by atoms with Crippen molar-refractivity contribution >= 4 is 17.3 Å². The lowest BCUT2D eigenvalue weighted by Crippen LogP contribution is -2.47. The van der Waals surface area contributed by atoms with Crippen LogP contribution in [-0.2, 0) is 11.3 Å². The number of fused-ring (bicyclic) bond motifs is 2. The summed E-state index contributed by atoms with van der Waals surface area (Å²) in [7, 11) is 0. The Bertz CT molecular complexity index is 607. The molecule has 3 fully saturated rings. The maximum Gasteiger partial charge on any atom is 0.169 e. The number of thiocarbonyl (C=S) groups is 1. The molecule has 27 heavy (non-hydrogen) atoms. The molecule has 0 spiro atoms. The van der Waals surface area contributed by atoms with Crippen LogP contribution < -0.4 is 5.32 Å². The van der Waals surface area contributed by atoms with E-state index in [1.165, 1.54) is 31.2 Å². The maximum absolute atomic E-state index is 5.86. The minimum Gasteiger partial charge on any atom is -0.379 e. The van der Waals surface area contributed by atoms with Crippen LogP contribution in [0.3, 0.4) is 0 Å². The Hall–Kier alpha value is -1.24. The van der Waals surface area contributed by atoms with Crippen LogP contribution in [0.25, 0.3) is 0 Å². The Balaban J connectivity index is 1.32. The minimum atomic E-state index is 0.593. The Labute approximate surface area is 168 Å². The summed E-state index contributed by atoms with van der Waals surface area (Å²) in [6.45, 7) is 6.81. The first-order valence-electron chi connectivity index (χ1n) is 10.5. The normalized spacial score (nSPS) is 27.6. The number of pyridine rings is 1. The maximum atomic E-state index is 5.86. The predicted molar refractivity (Wildman–Crippen MR) is 111 cm³/mol. The second-order valence-electron chi connectivity index (χ2n) is 8.32. The molecule has 2 heterocycles. The zero-order valence-corrected chi connectivity index (χ0v) is 17.0. The second-order valence-corrected chi connectivity index (χ2v) is 8.70. The Morgan fingerprint density at radius 1 is 1.22 bits per heavy atom. The van der Waals surface area contributed by atoms with E-state index in [1.807, 2.05) is 12.4 Å². The number of aromatic nitrogens is 1. The van der Waals surface area contributed by atoms with Crippen molar-refractivity contribution in [3.05, 3.63) is 30.1 Å². The van der Waals surface area contributed by atoms with E-state index < -0.39 is 0 Å². The van der Waals surface area contributed by atoms with Gasteiger partial charge in [0.05, 0.1) is 13.2 Å². The molecule has 6 heteroatoms. The number of rotatable bonds is 7. The zero-order valence-electron chi connectivity index (χ0n) is 16.2. The van der Waals surface area contributed by atoms with Gasteiger partial charge in [-0.1, -0.05) is 6.42 Å². The van der Waals surface area contributed by atoms with E-state index >= 15 is 0 Å². The highest BCUT2D eigenvalue weighted by atomic mass is 32.1. The van der Waals surface area contributed by atoms with E-state index in [0.29, 0.717) is 6.04 Å². The molecule has 2 aliphatic carbocycles. The van der Waals surface area contributed by atoms with E-state index in [1.54, 1.807) is 0 Å². The van der Waals surface area contributed by atoms with Gasteiger partial charge in [0.2, 0.25) is 0 Å². The number of hydrogen-bond acceptors (Lipinski definition) is 4. The standard InChI is InChI=1S/C21H32N4OS/c27-21(23-20-15-18-2-3-19(20)14-18)25(16-17-4-6-22-7-5-17)9-1-8-24-10-12-26-13-11-24/h4-7,18-20H,1-3,8-16H2,(H,23,27). The number of nitrogens with zero attached hydrogens (tertiary/aromatic N) is 3. The highest BCUT2D eigenvalue weighted by Crippen LogP contribution is 2.44. The molecule has 2 saturated carbocycles. The van der Waals surface area contributed by atoms with Crippen molar-refractivity contribution < 1.29 is 4.74 Å². The SMILES string of the molecule is S=C(NC1CC2CCC1C2)N(CCCN1CCOCC1)Cc1ccncc1. The largest absolute Gasteiger partial charge is 0.379 e. The van der Waals surface area contributed by atoms with Crippen LogP contribution in [-0.4, -0.2) is 65.3 Å². The van der Waals surface area contributed by atoms with E-state index in [0.717, 1.165) is 69.3 Å². The molecule has 0 aromatic carbocycles. The molecule has 5 nitrogen and oxygen atoms in total. The first-order valence-corrected chi connectivity index (χ1v) is 10.9. The highest BCUT2D eigenvalue weighted by Gasteiger charge is 2.40. The van der Waals surface area contributed by atoms with Gasteiger partial charge < -0.3 is 15.0 Å². The van der Waals surface area contributed by atoms with E-state index in [2.05, 4.69) is 32.2 Å². The second kappa shape index (κ2) is 9.30. The number of ether oxygens (including phenoxy) is 1. The summed E-state index contributed by atoms with van der Waals surface area (Å²) in [5.74, 6) is 1.77. The minimum absolute atomic E-state index is 0.593. The van der Waals surface area contributed by atoms with Gasteiger partial charge in [-0.15, -0.1) is 0 Å². The molecule has 2 bridgehead atoms. The summed E-state index contributed by atoms with van der Waals surface area (Å²) >= 11 is 5.86. The van der Waals surface area contributed by atoms with Crippen molar-refractivity contribution in [2.45, 2.75) is 44.7 Å². The lowest BCUT2D eigenvalue weighted by atomic mass is 9.95. The van der Waals surface area contributed by atoms with Gasteiger partial charge in [0.15, 0.2) is 5.11 Å². The van der Waals surface area contributed by atoms with Gasteiger partial charge in [-0.3, -0.25) is 9.88 Å². The third kappa shape index (κ3) is 5.18. The summed E-state index contributed by atoms with van der Waals surface area (Å²) in [5, 5.41) is 4.66. The first-order chi connectivity index (χ1) is 13.3. The molecule has 3 aliphatic rings. The molecule has 3 atom stereocenters. The molecule has 0 amide bonds. The summed E-state index contributed by atoms with van der Waals surface area (Å²) in [6, 6.07) is 4.78. The van der Waals surface area contributed by atoms with E-state index in [-0.39, 0.29) is 0 Å². The molecule has 1 aromatic heterocycles. The number of morpholine rings is 1.